The molecule has 7 heteroatoms. The summed E-state index contributed by atoms with van der Waals surface area (Å²) in [6, 6.07) is 16.5. The summed E-state index contributed by atoms with van der Waals surface area (Å²) in [6.07, 6.45) is 1.86. The molecule has 162 valence electrons. The maximum Gasteiger partial charge on any atom is 0.268 e. The topological polar surface area (TPSA) is 83.4 Å². The Kier molecular flexibility index (Phi) is 7.54. The summed E-state index contributed by atoms with van der Waals surface area (Å²) >= 11 is 0. The Hall–Kier alpha value is -3.48. The van der Waals surface area contributed by atoms with Gasteiger partial charge in [0.1, 0.15) is 24.1 Å². The predicted octanol–water partition coefficient (Wildman–Crippen LogP) is 3.39. The summed E-state index contributed by atoms with van der Waals surface area (Å²) in [5.41, 5.74) is 2.90. The predicted molar refractivity (Wildman–Crippen MR) is 123 cm³/mol. The Balaban J connectivity index is 1.71. The number of ether oxygens (including phenoxy) is 1. The number of amides is 2. The largest absolute Gasteiger partial charge is 0.489 e. The highest BCUT2D eigenvalue weighted by Crippen LogP contribution is 2.29. The van der Waals surface area contributed by atoms with Crippen LogP contribution in [0.15, 0.2) is 64.8 Å². The van der Waals surface area contributed by atoms with E-state index in [0.717, 1.165) is 17.7 Å². The third-order valence-electron chi connectivity index (χ3n) is 4.96. The molecule has 0 saturated heterocycles. The number of fused-ring (bicyclic) bond motifs is 1. The van der Waals surface area contributed by atoms with Crippen LogP contribution >= 0.6 is 0 Å². The van der Waals surface area contributed by atoms with E-state index in [0.29, 0.717) is 30.0 Å². The number of nitrogens with zero attached hydrogens (tertiary/aromatic N) is 3. The molecule has 0 radical (unpaired) electrons. The monoisotopic (exact) mass is 420 g/mol. The number of likely N-dealkylation sites (N-methyl/N-ethyl adjacent to an activating group) is 1. The van der Waals surface area contributed by atoms with Crippen molar-refractivity contribution in [3.05, 3.63) is 60.2 Å². The van der Waals surface area contributed by atoms with Crippen LogP contribution in [0.3, 0.4) is 0 Å². The molecule has 3 rings (SSSR count). The zero-order chi connectivity index (χ0) is 22.2. The molecule has 2 aromatic rings. The molecule has 7 nitrogen and oxygen atoms in total. The first-order chi connectivity index (χ1) is 15.0. The number of hydrogen-bond acceptors (Lipinski definition) is 5. The van der Waals surface area contributed by atoms with Crippen LogP contribution < -0.4 is 15.0 Å². The molecule has 31 heavy (non-hydrogen) atoms. The van der Waals surface area contributed by atoms with Crippen molar-refractivity contribution in [2.45, 2.75) is 39.2 Å². The fraction of sp³-hybridized carbons (Fsp3) is 0.333. The summed E-state index contributed by atoms with van der Waals surface area (Å²) in [6.45, 7) is 3.90. The number of carbonyl (C=O) groups is 2. The van der Waals surface area contributed by atoms with Gasteiger partial charge in [-0.3, -0.25) is 9.59 Å². The van der Waals surface area contributed by atoms with Crippen LogP contribution in [0.25, 0.3) is 0 Å². The van der Waals surface area contributed by atoms with E-state index in [2.05, 4.69) is 15.5 Å². The van der Waals surface area contributed by atoms with Crippen molar-refractivity contribution in [3.63, 3.8) is 0 Å². The fourth-order valence-corrected chi connectivity index (χ4v) is 3.32. The van der Waals surface area contributed by atoms with Crippen LogP contribution in [0.5, 0.6) is 5.75 Å². The molecular weight excluding hydrogens is 392 g/mol. The van der Waals surface area contributed by atoms with Crippen LogP contribution in [0.1, 0.15) is 32.3 Å². The lowest BCUT2D eigenvalue weighted by atomic mass is 10.1. The molecule has 0 unspecified atom stereocenters. The van der Waals surface area contributed by atoms with E-state index in [1.54, 1.807) is 13.1 Å². The van der Waals surface area contributed by atoms with E-state index >= 15 is 0 Å². The summed E-state index contributed by atoms with van der Waals surface area (Å²) in [4.78, 5) is 27.2. The van der Waals surface area contributed by atoms with E-state index in [4.69, 9.17) is 4.74 Å². The molecule has 0 aromatic heterocycles. The molecular formula is C24H28N4O3. The fourth-order valence-electron chi connectivity index (χ4n) is 3.32. The molecule has 2 amide bonds. The Morgan fingerprint density at radius 1 is 1.13 bits per heavy atom. The van der Waals surface area contributed by atoms with Gasteiger partial charge in [-0.25, -0.2) is 0 Å². The average Bonchev–Trinajstić information content (AvgIpc) is 2.89. The van der Waals surface area contributed by atoms with Crippen molar-refractivity contribution in [1.82, 2.24) is 5.32 Å². The minimum atomic E-state index is -0.804. The highest BCUT2D eigenvalue weighted by molar-refractivity contribution is 6.39. The molecule has 0 fully saturated rings. The van der Waals surface area contributed by atoms with Gasteiger partial charge < -0.3 is 15.0 Å². The van der Waals surface area contributed by atoms with Gasteiger partial charge in [0.15, 0.2) is 0 Å². The van der Waals surface area contributed by atoms with Crippen LogP contribution in [-0.2, 0) is 16.0 Å². The lowest BCUT2D eigenvalue weighted by molar-refractivity contribution is -0.124. The van der Waals surface area contributed by atoms with Gasteiger partial charge in [0.25, 0.3) is 11.8 Å². The second-order valence-electron chi connectivity index (χ2n) is 7.50. The van der Waals surface area contributed by atoms with Crippen molar-refractivity contribution in [2.75, 3.05) is 18.6 Å². The van der Waals surface area contributed by atoms with E-state index in [9.17, 15) is 9.59 Å². The molecule has 2 aromatic carbocycles. The van der Waals surface area contributed by atoms with E-state index in [1.807, 2.05) is 62.4 Å². The molecule has 0 saturated carbocycles. The van der Waals surface area contributed by atoms with Crippen LogP contribution in [-0.4, -0.2) is 42.9 Å². The first-order valence-electron chi connectivity index (χ1n) is 10.4. The molecule has 1 atom stereocenters. The van der Waals surface area contributed by atoms with Crippen LogP contribution in [0.2, 0.25) is 0 Å². The normalized spacial score (nSPS) is 16.9. The molecule has 1 N–H and O–H groups in total. The third kappa shape index (κ3) is 5.78. The van der Waals surface area contributed by atoms with E-state index < -0.39 is 11.9 Å². The molecule has 1 heterocycles. The quantitative estimate of drug-likeness (QED) is 0.551. The lowest BCUT2D eigenvalue weighted by Gasteiger charge is -2.20. The zero-order valence-electron chi connectivity index (χ0n) is 18.2. The smallest absolute Gasteiger partial charge is 0.268 e. The lowest BCUT2D eigenvalue weighted by Crippen LogP contribution is -2.51. The summed E-state index contributed by atoms with van der Waals surface area (Å²) in [7, 11) is 1.67. The van der Waals surface area contributed by atoms with Crippen LogP contribution in [0.4, 0.5) is 5.69 Å². The van der Waals surface area contributed by atoms with Crippen molar-refractivity contribution >= 4 is 28.9 Å². The van der Waals surface area contributed by atoms with Crippen LogP contribution in [0, 0.1) is 0 Å². The number of rotatable bonds is 7. The number of carbonyl (C=O) groups excluding carboxylic acids is 2. The third-order valence-corrected chi connectivity index (χ3v) is 4.96. The van der Waals surface area contributed by atoms with Gasteiger partial charge in [-0.2, -0.15) is 5.10 Å². The summed E-state index contributed by atoms with van der Waals surface area (Å²) < 4.78 is 5.76. The average molecular weight is 421 g/mol. The van der Waals surface area contributed by atoms with E-state index in [1.165, 1.54) is 4.90 Å². The highest BCUT2D eigenvalue weighted by atomic mass is 16.5. The van der Waals surface area contributed by atoms with Gasteiger partial charge in [-0.15, -0.1) is 5.10 Å². The molecule has 1 aliphatic heterocycles. The number of benzene rings is 2. The Labute approximate surface area is 182 Å². The highest BCUT2D eigenvalue weighted by Gasteiger charge is 2.31. The van der Waals surface area contributed by atoms with Gasteiger partial charge in [0, 0.05) is 19.2 Å². The second-order valence-corrected chi connectivity index (χ2v) is 7.50. The minimum Gasteiger partial charge on any atom is -0.489 e. The second kappa shape index (κ2) is 10.5. The first kappa shape index (κ1) is 22.2. The molecule has 1 aliphatic rings. The van der Waals surface area contributed by atoms with Gasteiger partial charge in [0.05, 0.1) is 5.69 Å². The number of nitrogens with one attached hydrogen (secondary N) is 1. The molecule has 0 aliphatic carbocycles. The van der Waals surface area contributed by atoms with Crippen molar-refractivity contribution < 1.29 is 14.3 Å². The first-order valence-corrected chi connectivity index (χ1v) is 10.4. The maximum atomic E-state index is 12.9. The van der Waals surface area contributed by atoms with Gasteiger partial charge in [0.2, 0.25) is 0 Å². The molecule has 0 bridgehead atoms. The Morgan fingerprint density at radius 2 is 1.84 bits per heavy atom. The summed E-state index contributed by atoms with van der Waals surface area (Å²) in [5.74, 6) is -0.0315. The van der Waals surface area contributed by atoms with Gasteiger partial charge >= 0.3 is 0 Å². The zero-order valence-corrected chi connectivity index (χ0v) is 18.2. The van der Waals surface area contributed by atoms with E-state index in [-0.39, 0.29) is 12.5 Å². The number of anilines is 1. The standard InChI is InChI=1S/C24H28N4O3/c1-4-10-19(27-26-17(2)15-18-11-6-5-7-12-18)23(29)25-20-16-31-22-14-9-8-13-21(22)28(3)24(20)30/h5-9,11-14,20H,4,10,15-16H2,1-3H3,(H,25,29)/b26-17+,27-19+/t20-/m0/s1. The maximum absolute atomic E-state index is 12.9. The number of hydrogen-bond donors (Lipinski definition) is 1. The van der Waals surface area contributed by atoms with Crippen molar-refractivity contribution in [1.29, 1.82) is 0 Å². The van der Waals surface area contributed by atoms with Crippen molar-refractivity contribution in [3.8, 4) is 5.75 Å². The Bertz CT molecular complexity index is 985. The van der Waals surface area contributed by atoms with Gasteiger partial charge in [-0.1, -0.05) is 55.8 Å². The Morgan fingerprint density at radius 3 is 2.58 bits per heavy atom. The van der Waals surface area contributed by atoms with Crippen molar-refractivity contribution in [2.24, 2.45) is 10.2 Å². The summed E-state index contributed by atoms with van der Waals surface area (Å²) in [5, 5.41) is 11.2. The molecule has 0 spiro atoms. The van der Waals surface area contributed by atoms with Gasteiger partial charge in [-0.05, 0) is 31.0 Å². The number of para-hydroxylation sites is 2. The SMILES string of the molecule is CCC/C(=N\N=C(/C)Cc1ccccc1)C(=O)N[C@H]1COc2ccccc2N(C)C1=O. The minimum absolute atomic E-state index is 0.0572.